The van der Waals surface area contributed by atoms with Gasteiger partial charge >= 0.3 is 0 Å². The zero-order valence-corrected chi connectivity index (χ0v) is 11.6. The largest absolute Gasteiger partial charge is 0.436 e. The van der Waals surface area contributed by atoms with Crippen LogP contribution in [0.4, 0.5) is 0 Å². The van der Waals surface area contributed by atoms with Crippen LogP contribution in [0.2, 0.25) is 0 Å². The van der Waals surface area contributed by atoms with Gasteiger partial charge < -0.3 is 4.42 Å². The molecule has 0 unspecified atom stereocenters. The van der Waals surface area contributed by atoms with Crippen LogP contribution in [-0.4, -0.2) is 4.98 Å². The molecule has 0 saturated heterocycles. The highest BCUT2D eigenvalue weighted by molar-refractivity contribution is 5.75. The molecule has 0 aliphatic carbocycles. The highest BCUT2D eigenvalue weighted by Crippen LogP contribution is 2.23. The van der Waals surface area contributed by atoms with Crippen LogP contribution in [0.3, 0.4) is 0 Å². The van der Waals surface area contributed by atoms with Gasteiger partial charge in [0.05, 0.1) is 0 Å². The first kappa shape index (κ1) is 13.3. The molecule has 0 fully saturated rings. The van der Waals surface area contributed by atoms with Crippen LogP contribution in [-0.2, 0) is 0 Å². The predicted octanol–water partition coefficient (Wildman–Crippen LogP) is 5.16. The van der Waals surface area contributed by atoms with Gasteiger partial charge in [-0.25, -0.2) is 4.98 Å². The molecule has 0 aliphatic heterocycles. The number of para-hydroxylation sites is 2. The summed E-state index contributed by atoms with van der Waals surface area (Å²) in [7, 11) is 0. The number of hydrogen-bond donors (Lipinski definition) is 0. The molecule has 0 spiro atoms. The molecule has 98 valence electrons. The van der Waals surface area contributed by atoms with Crippen molar-refractivity contribution in [1.29, 1.82) is 0 Å². The number of nitrogens with zero attached hydrogens (tertiary/aromatic N) is 1. The van der Waals surface area contributed by atoms with E-state index < -0.39 is 0 Å². The lowest BCUT2D eigenvalue weighted by Gasteiger charge is -1.91. The first-order chi connectivity index (χ1) is 9.16. The number of aromatic nitrogens is 1. The average Bonchev–Trinajstić information content (AvgIpc) is 2.83. The third-order valence-electron chi connectivity index (χ3n) is 2.31. The number of benzene rings is 2. The fraction of sp³-hybridized carbons (Fsp3) is 0.235. The third kappa shape index (κ3) is 3.68. The zero-order chi connectivity index (χ0) is 13.7. The Balaban J connectivity index is 0.000000297. The fourth-order valence-electron chi connectivity index (χ4n) is 1.58. The zero-order valence-electron chi connectivity index (χ0n) is 11.6. The Morgan fingerprint density at radius 3 is 2.05 bits per heavy atom. The van der Waals surface area contributed by atoms with E-state index in [1.54, 1.807) is 0 Å². The van der Waals surface area contributed by atoms with E-state index in [9.17, 15) is 0 Å². The Kier molecular flexibility index (Phi) is 4.35. The van der Waals surface area contributed by atoms with Gasteiger partial charge in [0.2, 0.25) is 5.89 Å². The van der Waals surface area contributed by atoms with Crippen LogP contribution in [0.1, 0.15) is 20.8 Å². The van der Waals surface area contributed by atoms with Crippen LogP contribution in [0.25, 0.3) is 22.6 Å². The van der Waals surface area contributed by atoms with E-state index in [4.69, 9.17) is 4.42 Å². The summed E-state index contributed by atoms with van der Waals surface area (Å²) in [6, 6.07) is 17.7. The van der Waals surface area contributed by atoms with E-state index in [-0.39, 0.29) is 0 Å². The molecule has 3 aromatic rings. The van der Waals surface area contributed by atoms with Crippen LogP contribution in [0, 0.1) is 5.92 Å². The molecular formula is C17H19NO. The summed E-state index contributed by atoms with van der Waals surface area (Å²) in [5.74, 6) is 1.51. The number of fused-ring (bicyclic) bond motifs is 1. The second-order valence-electron chi connectivity index (χ2n) is 5.08. The van der Waals surface area contributed by atoms with Crippen molar-refractivity contribution in [3.8, 4) is 11.5 Å². The van der Waals surface area contributed by atoms with Gasteiger partial charge in [-0.15, -0.1) is 0 Å². The van der Waals surface area contributed by atoms with Gasteiger partial charge in [-0.2, -0.15) is 0 Å². The number of oxazole rings is 1. The summed E-state index contributed by atoms with van der Waals surface area (Å²) in [5, 5.41) is 0. The van der Waals surface area contributed by atoms with E-state index in [1.807, 2.05) is 54.6 Å². The minimum Gasteiger partial charge on any atom is -0.436 e. The summed E-state index contributed by atoms with van der Waals surface area (Å²) in [5.41, 5.74) is 2.74. The van der Waals surface area contributed by atoms with E-state index in [0.717, 1.165) is 22.6 Å². The second kappa shape index (κ2) is 6.19. The highest BCUT2D eigenvalue weighted by atomic mass is 16.3. The molecule has 2 nitrogen and oxygen atoms in total. The normalized spacial score (nSPS) is 10.3. The van der Waals surface area contributed by atoms with Gasteiger partial charge in [0, 0.05) is 5.56 Å². The molecule has 2 heteroatoms. The van der Waals surface area contributed by atoms with Crippen molar-refractivity contribution < 1.29 is 4.42 Å². The summed E-state index contributed by atoms with van der Waals surface area (Å²) in [6.45, 7) is 6.50. The summed E-state index contributed by atoms with van der Waals surface area (Å²) in [6.07, 6.45) is 0. The lowest BCUT2D eigenvalue weighted by atomic mass is 10.2. The lowest BCUT2D eigenvalue weighted by Crippen LogP contribution is -1.74. The monoisotopic (exact) mass is 253 g/mol. The van der Waals surface area contributed by atoms with Crippen molar-refractivity contribution >= 4 is 11.1 Å². The number of hydrogen-bond acceptors (Lipinski definition) is 2. The van der Waals surface area contributed by atoms with Crippen LogP contribution in [0.15, 0.2) is 59.0 Å². The van der Waals surface area contributed by atoms with Crippen molar-refractivity contribution in [1.82, 2.24) is 4.98 Å². The minimum atomic E-state index is 0.678. The van der Waals surface area contributed by atoms with E-state index in [0.29, 0.717) is 5.89 Å². The molecule has 0 amide bonds. The van der Waals surface area contributed by atoms with Crippen LogP contribution in [0.5, 0.6) is 0 Å². The smallest absolute Gasteiger partial charge is 0.227 e. The van der Waals surface area contributed by atoms with Gasteiger partial charge in [0.15, 0.2) is 5.58 Å². The van der Waals surface area contributed by atoms with Crippen molar-refractivity contribution in [3.05, 3.63) is 54.6 Å². The van der Waals surface area contributed by atoms with E-state index in [2.05, 4.69) is 25.8 Å². The van der Waals surface area contributed by atoms with Crippen LogP contribution >= 0.6 is 0 Å². The topological polar surface area (TPSA) is 26.0 Å². The highest BCUT2D eigenvalue weighted by Gasteiger charge is 2.05. The Morgan fingerprint density at radius 1 is 0.842 bits per heavy atom. The molecule has 1 aromatic heterocycles. The van der Waals surface area contributed by atoms with Gasteiger partial charge in [-0.05, 0) is 30.2 Å². The SMILES string of the molecule is CC(C)C.c1ccc(-c2nc3ccccc3o2)cc1. The molecular weight excluding hydrogens is 234 g/mol. The maximum Gasteiger partial charge on any atom is 0.227 e. The van der Waals surface area contributed by atoms with E-state index in [1.165, 1.54) is 0 Å². The summed E-state index contributed by atoms with van der Waals surface area (Å²) < 4.78 is 5.64. The lowest BCUT2D eigenvalue weighted by molar-refractivity contribution is 0.620. The molecule has 0 aliphatic rings. The van der Waals surface area contributed by atoms with Crippen molar-refractivity contribution in [2.24, 2.45) is 5.92 Å². The Bertz CT molecular complexity index is 590. The molecule has 0 bridgehead atoms. The van der Waals surface area contributed by atoms with Gasteiger partial charge in [-0.3, -0.25) is 0 Å². The first-order valence-corrected chi connectivity index (χ1v) is 6.58. The predicted molar refractivity (Wildman–Crippen MR) is 80.0 cm³/mol. The van der Waals surface area contributed by atoms with Crippen molar-refractivity contribution in [3.63, 3.8) is 0 Å². The Morgan fingerprint density at radius 2 is 1.42 bits per heavy atom. The third-order valence-corrected chi connectivity index (χ3v) is 2.31. The average molecular weight is 253 g/mol. The fourth-order valence-corrected chi connectivity index (χ4v) is 1.58. The maximum absolute atomic E-state index is 5.64. The summed E-state index contributed by atoms with van der Waals surface area (Å²) >= 11 is 0. The van der Waals surface area contributed by atoms with Gasteiger partial charge in [0.1, 0.15) is 5.52 Å². The molecule has 19 heavy (non-hydrogen) atoms. The molecule has 0 atom stereocenters. The standard InChI is InChI=1S/C13H9NO.C4H10/c1-2-6-10(7-3-1)13-14-11-8-4-5-9-12(11)15-13;1-4(2)3/h1-9H;4H,1-3H3. The van der Waals surface area contributed by atoms with Gasteiger partial charge in [0.25, 0.3) is 0 Å². The maximum atomic E-state index is 5.64. The van der Waals surface area contributed by atoms with Crippen molar-refractivity contribution in [2.45, 2.75) is 20.8 Å². The van der Waals surface area contributed by atoms with E-state index >= 15 is 0 Å². The second-order valence-corrected chi connectivity index (χ2v) is 5.08. The minimum absolute atomic E-state index is 0.678. The Labute approximate surface area is 114 Å². The van der Waals surface area contributed by atoms with Crippen molar-refractivity contribution in [2.75, 3.05) is 0 Å². The Hall–Kier alpha value is -2.09. The molecule has 0 radical (unpaired) electrons. The van der Waals surface area contributed by atoms with Gasteiger partial charge in [-0.1, -0.05) is 51.1 Å². The van der Waals surface area contributed by atoms with Crippen LogP contribution < -0.4 is 0 Å². The molecule has 0 N–H and O–H groups in total. The molecule has 3 rings (SSSR count). The number of rotatable bonds is 1. The molecule has 2 aromatic carbocycles. The molecule has 1 heterocycles. The quantitative estimate of drug-likeness (QED) is 0.599. The molecule has 0 saturated carbocycles. The summed E-state index contributed by atoms with van der Waals surface area (Å²) in [4.78, 5) is 4.42. The first-order valence-electron chi connectivity index (χ1n) is 6.58.